The van der Waals surface area contributed by atoms with Crippen molar-refractivity contribution in [3.63, 3.8) is 0 Å². The van der Waals surface area contributed by atoms with E-state index in [4.69, 9.17) is 0 Å². The van der Waals surface area contributed by atoms with E-state index in [2.05, 4.69) is 254 Å². The zero-order chi connectivity index (χ0) is 42.1. The second-order valence-corrected chi connectivity index (χ2v) is 17.3. The summed E-state index contributed by atoms with van der Waals surface area (Å²) in [5, 5.41) is 5.00. The van der Waals surface area contributed by atoms with Crippen LogP contribution in [0, 0.1) is 0 Å². The van der Waals surface area contributed by atoms with Crippen molar-refractivity contribution in [3.8, 4) is 50.2 Å². The molecule has 0 amide bonds. The first kappa shape index (κ1) is 36.9. The summed E-state index contributed by atoms with van der Waals surface area (Å²) >= 11 is 0. The molecule has 10 aromatic carbocycles. The van der Waals surface area contributed by atoms with Crippen molar-refractivity contribution in [3.05, 3.63) is 242 Å². The monoisotopic (exact) mass is 804 g/mol. The van der Waals surface area contributed by atoms with Crippen LogP contribution in [-0.4, -0.2) is 4.57 Å². The van der Waals surface area contributed by atoms with Crippen LogP contribution >= 0.6 is 0 Å². The van der Waals surface area contributed by atoms with Gasteiger partial charge in [0.1, 0.15) is 0 Å². The first-order valence-corrected chi connectivity index (χ1v) is 21.9. The summed E-state index contributed by atoms with van der Waals surface area (Å²) in [6.45, 7) is 4.73. The molecule has 298 valence electrons. The van der Waals surface area contributed by atoms with E-state index in [1.54, 1.807) is 0 Å². The van der Waals surface area contributed by atoms with Gasteiger partial charge in [0.05, 0.1) is 22.4 Å². The Balaban J connectivity index is 0.988. The number of anilines is 3. The van der Waals surface area contributed by atoms with Gasteiger partial charge in [-0.05, 0) is 127 Å². The van der Waals surface area contributed by atoms with Crippen molar-refractivity contribution in [1.29, 1.82) is 0 Å². The van der Waals surface area contributed by atoms with Crippen LogP contribution in [0.25, 0.3) is 82.8 Å². The van der Waals surface area contributed by atoms with E-state index in [9.17, 15) is 0 Å². The minimum absolute atomic E-state index is 0.106. The summed E-state index contributed by atoms with van der Waals surface area (Å²) in [5.41, 5.74) is 19.4. The topological polar surface area (TPSA) is 8.17 Å². The summed E-state index contributed by atoms with van der Waals surface area (Å²) in [4.78, 5) is 2.42. The molecule has 2 heteroatoms. The SMILES string of the molecule is CC1(C)c2ccccc2-c2cccc(-c3ccc(N(c4ccc(-c5cccc(-c6ccc7ccccc7c6)c5)cc4)c4ccccc4-n4c5ccccc5c5ccccc54)cc3)c21. The molecule has 0 unspecified atom stereocenters. The van der Waals surface area contributed by atoms with Gasteiger partial charge in [-0.2, -0.15) is 0 Å². The van der Waals surface area contributed by atoms with E-state index in [0.29, 0.717) is 0 Å². The number of fused-ring (bicyclic) bond motifs is 7. The molecule has 0 saturated heterocycles. The van der Waals surface area contributed by atoms with Crippen molar-refractivity contribution >= 4 is 49.6 Å². The van der Waals surface area contributed by atoms with Crippen molar-refractivity contribution in [1.82, 2.24) is 4.57 Å². The van der Waals surface area contributed by atoms with Gasteiger partial charge in [-0.1, -0.05) is 184 Å². The van der Waals surface area contributed by atoms with Gasteiger partial charge in [0.15, 0.2) is 0 Å². The highest BCUT2D eigenvalue weighted by Crippen LogP contribution is 2.52. The molecule has 1 aromatic heterocycles. The Morgan fingerprint density at radius 3 is 1.63 bits per heavy atom. The maximum atomic E-state index is 2.43. The molecular weight excluding hydrogens is 761 g/mol. The fourth-order valence-corrected chi connectivity index (χ4v) is 10.4. The minimum Gasteiger partial charge on any atom is -0.308 e. The molecule has 1 aliphatic carbocycles. The summed E-state index contributed by atoms with van der Waals surface area (Å²) in [6, 6.07) is 84.6. The summed E-state index contributed by atoms with van der Waals surface area (Å²) < 4.78 is 2.43. The molecule has 0 radical (unpaired) electrons. The van der Waals surface area contributed by atoms with Gasteiger partial charge in [-0.25, -0.2) is 0 Å². The minimum atomic E-state index is -0.106. The van der Waals surface area contributed by atoms with Gasteiger partial charge >= 0.3 is 0 Å². The second-order valence-electron chi connectivity index (χ2n) is 17.3. The van der Waals surface area contributed by atoms with E-state index >= 15 is 0 Å². The van der Waals surface area contributed by atoms with E-state index in [1.807, 2.05) is 0 Å². The molecule has 2 nitrogen and oxygen atoms in total. The van der Waals surface area contributed by atoms with Crippen LogP contribution in [0.4, 0.5) is 17.1 Å². The van der Waals surface area contributed by atoms with Gasteiger partial charge in [0.2, 0.25) is 0 Å². The maximum Gasteiger partial charge on any atom is 0.0702 e. The molecule has 12 rings (SSSR count). The highest BCUT2D eigenvalue weighted by atomic mass is 15.2. The fraction of sp³-hybridized carbons (Fsp3) is 0.0492. The first-order chi connectivity index (χ1) is 31.0. The Morgan fingerprint density at radius 2 is 0.889 bits per heavy atom. The summed E-state index contributed by atoms with van der Waals surface area (Å²) in [5.74, 6) is 0. The highest BCUT2D eigenvalue weighted by molar-refractivity contribution is 6.10. The van der Waals surface area contributed by atoms with Crippen LogP contribution in [0.1, 0.15) is 25.0 Å². The van der Waals surface area contributed by atoms with Crippen molar-refractivity contribution in [2.45, 2.75) is 19.3 Å². The number of hydrogen-bond acceptors (Lipinski definition) is 1. The Labute approximate surface area is 368 Å². The van der Waals surface area contributed by atoms with Crippen LogP contribution in [0.3, 0.4) is 0 Å². The number of hydrogen-bond donors (Lipinski definition) is 0. The Bertz CT molecular complexity index is 3480. The van der Waals surface area contributed by atoms with Gasteiger partial charge in [-0.15, -0.1) is 0 Å². The predicted molar refractivity (Wildman–Crippen MR) is 267 cm³/mol. The van der Waals surface area contributed by atoms with E-state index in [1.165, 1.54) is 88.2 Å². The number of benzene rings is 10. The third-order valence-electron chi connectivity index (χ3n) is 13.4. The first-order valence-electron chi connectivity index (χ1n) is 21.9. The van der Waals surface area contributed by atoms with Crippen LogP contribution in [0.2, 0.25) is 0 Å². The molecule has 11 aromatic rings. The Hall–Kier alpha value is -7.94. The molecule has 1 aliphatic rings. The summed E-state index contributed by atoms with van der Waals surface area (Å²) in [6.07, 6.45) is 0. The highest BCUT2D eigenvalue weighted by Gasteiger charge is 2.37. The largest absolute Gasteiger partial charge is 0.308 e. The second kappa shape index (κ2) is 14.6. The molecule has 0 N–H and O–H groups in total. The third-order valence-corrected chi connectivity index (χ3v) is 13.4. The molecule has 0 atom stereocenters. The van der Waals surface area contributed by atoms with Gasteiger partial charge in [0, 0.05) is 27.6 Å². The molecule has 0 bridgehead atoms. The van der Waals surface area contributed by atoms with Crippen LogP contribution in [0.5, 0.6) is 0 Å². The number of rotatable bonds is 7. The van der Waals surface area contributed by atoms with Crippen molar-refractivity contribution in [2.75, 3.05) is 4.90 Å². The van der Waals surface area contributed by atoms with Crippen molar-refractivity contribution in [2.24, 2.45) is 0 Å². The van der Waals surface area contributed by atoms with Crippen LogP contribution in [-0.2, 0) is 5.41 Å². The van der Waals surface area contributed by atoms with Crippen LogP contribution < -0.4 is 4.90 Å². The van der Waals surface area contributed by atoms with Gasteiger partial charge in [-0.3, -0.25) is 0 Å². The summed E-state index contributed by atoms with van der Waals surface area (Å²) in [7, 11) is 0. The number of nitrogens with zero attached hydrogens (tertiary/aromatic N) is 2. The predicted octanol–water partition coefficient (Wildman–Crippen LogP) is 16.7. The lowest BCUT2D eigenvalue weighted by atomic mass is 9.79. The van der Waals surface area contributed by atoms with E-state index in [-0.39, 0.29) is 5.41 Å². The maximum absolute atomic E-state index is 2.43. The third kappa shape index (κ3) is 6.02. The average molecular weight is 805 g/mol. The normalized spacial score (nSPS) is 12.7. The zero-order valence-corrected chi connectivity index (χ0v) is 35.3. The average Bonchev–Trinajstić information content (AvgIpc) is 3.80. The molecule has 0 spiro atoms. The Morgan fingerprint density at radius 1 is 0.365 bits per heavy atom. The zero-order valence-electron chi connectivity index (χ0n) is 35.3. The Kier molecular flexibility index (Phi) is 8.55. The molecular formula is C61H44N2. The molecule has 0 aliphatic heterocycles. The molecule has 0 fully saturated rings. The fourth-order valence-electron chi connectivity index (χ4n) is 10.4. The number of para-hydroxylation sites is 4. The van der Waals surface area contributed by atoms with Crippen LogP contribution in [0.15, 0.2) is 231 Å². The smallest absolute Gasteiger partial charge is 0.0702 e. The van der Waals surface area contributed by atoms with Gasteiger partial charge < -0.3 is 9.47 Å². The van der Waals surface area contributed by atoms with Gasteiger partial charge in [0.25, 0.3) is 0 Å². The van der Waals surface area contributed by atoms with E-state index < -0.39 is 0 Å². The molecule has 0 saturated carbocycles. The quantitative estimate of drug-likeness (QED) is 0.156. The van der Waals surface area contributed by atoms with E-state index in [0.717, 1.165) is 22.7 Å². The number of aromatic nitrogens is 1. The lowest BCUT2D eigenvalue weighted by Crippen LogP contribution is -2.16. The molecule has 63 heavy (non-hydrogen) atoms. The molecule has 1 heterocycles. The van der Waals surface area contributed by atoms with Crippen molar-refractivity contribution < 1.29 is 0 Å². The standard InChI is InChI=1S/C61H44N2/c1-61(2)55-24-8-5-19-51(55)54-23-14-22-50(60(54)61)43-33-37-49(38-34-43)62(58-27-11-12-28-59(58)63-56-25-9-6-20-52(56)53-21-7-10-26-57(53)63)48-35-31-42(32-36-48)45-17-13-18-46(39-45)47-30-29-41-15-3-4-16-44(41)40-47/h3-40H,1-2H3. The lowest BCUT2D eigenvalue weighted by Gasteiger charge is -2.29. The lowest BCUT2D eigenvalue weighted by molar-refractivity contribution is 0.662.